The van der Waals surface area contributed by atoms with E-state index in [1.54, 1.807) is 25.3 Å². The lowest BCUT2D eigenvalue weighted by atomic mass is 10.1. The van der Waals surface area contributed by atoms with Crippen LogP contribution in [0.3, 0.4) is 0 Å². The van der Waals surface area contributed by atoms with E-state index in [0.29, 0.717) is 23.7 Å². The zero-order valence-electron chi connectivity index (χ0n) is 11.7. The maximum Gasteiger partial charge on any atom is 0.161 e. The van der Waals surface area contributed by atoms with Gasteiger partial charge in [-0.3, -0.25) is 0 Å². The van der Waals surface area contributed by atoms with Crippen LogP contribution in [-0.4, -0.2) is 7.11 Å². The van der Waals surface area contributed by atoms with Gasteiger partial charge in [0.15, 0.2) is 11.5 Å². The monoisotopic (exact) mass is 304 g/mol. The first-order valence-corrected chi connectivity index (χ1v) is 6.24. The van der Waals surface area contributed by atoms with E-state index in [1.165, 1.54) is 0 Å². The maximum atomic E-state index is 8.83. The van der Waals surface area contributed by atoms with Crippen molar-refractivity contribution >= 4 is 12.4 Å². The highest BCUT2D eigenvalue weighted by molar-refractivity contribution is 5.85. The van der Waals surface area contributed by atoms with Crippen LogP contribution in [-0.2, 0) is 6.61 Å². The van der Waals surface area contributed by atoms with Crippen molar-refractivity contribution in [1.82, 2.24) is 0 Å². The van der Waals surface area contributed by atoms with Crippen molar-refractivity contribution in [1.29, 1.82) is 5.26 Å². The van der Waals surface area contributed by atoms with Crippen LogP contribution < -0.4 is 15.2 Å². The zero-order chi connectivity index (χ0) is 14.4. The molecule has 0 bridgehead atoms. The van der Waals surface area contributed by atoms with Gasteiger partial charge >= 0.3 is 0 Å². The number of nitriles is 1. The number of nitrogens with zero attached hydrogens (tertiary/aromatic N) is 1. The Bertz CT molecular complexity index is 611. The Kier molecular flexibility index (Phi) is 6.54. The van der Waals surface area contributed by atoms with Crippen LogP contribution in [0.2, 0.25) is 0 Å². The summed E-state index contributed by atoms with van der Waals surface area (Å²) >= 11 is 0. The molecule has 0 amide bonds. The summed E-state index contributed by atoms with van der Waals surface area (Å²) < 4.78 is 11.0. The van der Waals surface area contributed by atoms with Crippen molar-refractivity contribution in [3.05, 3.63) is 59.7 Å². The Morgan fingerprint density at radius 3 is 2.48 bits per heavy atom. The summed E-state index contributed by atoms with van der Waals surface area (Å²) in [6.07, 6.45) is 0. The van der Waals surface area contributed by atoms with Crippen LogP contribution in [0.4, 0.5) is 0 Å². The standard InChI is InChI=1S/C16H16N2O2.ClH/c1-19-16-9-13(14(18)10-17)7-8-15(16)20-11-12-5-3-2-4-6-12;/h2-9,14H,11,18H2,1H3;1H/t14-;/m0./s1. The summed E-state index contributed by atoms with van der Waals surface area (Å²) in [6.45, 7) is 0.459. The Morgan fingerprint density at radius 1 is 1.14 bits per heavy atom. The lowest BCUT2D eigenvalue weighted by molar-refractivity contribution is 0.284. The Morgan fingerprint density at radius 2 is 1.86 bits per heavy atom. The lowest BCUT2D eigenvalue weighted by Gasteiger charge is -2.13. The van der Waals surface area contributed by atoms with E-state index < -0.39 is 6.04 Å². The molecule has 0 saturated carbocycles. The van der Waals surface area contributed by atoms with Crippen molar-refractivity contribution in [2.24, 2.45) is 5.73 Å². The minimum Gasteiger partial charge on any atom is -0.493 e. The van der Waals surface area contributed by atoms with Gasteiger partial charge in [-0.05, 0) is 23.3 Å². The Balaban J connectivity index is 0.00000220. The molecule has 1 atom stereocenters. The van der Waals surface area contributed by atoms with Gasteiger partial charge in [0.2, 0.25) is 0 Å². The SMILES string of the molecule is COc1cc([C@@H](N)C#N)ccc1OCc1ccccc1.Cl. The van der Waals surface area contributed by atoms with Gasteiger partial charge in [-0.25, -0.2) is 0 Å². The van der Waals surface area contributed by atoms with Gasteiger partial charge in [-0.15, -0.1) is 12.4 Å². The van der Waals surface area contributed by atoms with Gasteiger partial charge in [0, 0.05) is 0 Å². The van der Waals surface area contributed by atoms with Gasteiger partial charge in [-0.2, -0.15) is 5.26 Å². The highest BCUT2D eigenvalue weighted by Gasteiger charge is 2.10. The molecular formula is C16H17ClN2O2. The van der Waals surface area contributed by atoms with Crippen molar-refractivity contribution in [2.45, 2.75) is 12.6 Å². The molecule has 0 unspecified atom stereocenters. The van der Waals surface area contributed by atoms with E-state index in [0.717, 1.165) is 5.56 Å². The third kappa shape index (κ3) is 4.38. The topological polar surface area (TPSA) is 68.3 Å². The van der Waals surface area contributed by atoms with Crippen LogP contribution in [0.1, 0.15) is 17.2 Å². The predicted octanol–water partition coefficient (Wildman–Crippen LogP) is 3.22. The summed E-state index contributed by atoms with van der Waals surface area (Å²) in [7, 11) is 1.56. The molecule has 0 spiro atoms. The van der Waals surface area contributed by atoms with E-state index in [1.807, 2.05) is 36.4 Å². The van der Waals surface area contributed by atoms with Crippen LogP contribution in [0.5, 0.6) is 11.5 Å². The number of benzene rings is 2. The lowest BCUT2D eigenvalue weighted by Crippen LogP contribution is -2.07. The smallest absolute Gasteiger partial charge is 0.161 e. The third-order valence-electron chi connectivity index (χ3n) is 2.92. The fourth-order valence-electron chi connectivity index (χ4n) is 1.81. The molecule has 0 saturated heterocycles. The Hall–Kier alpha value is -2.22. The fraction of sp³-hybridized carbons (Fsp3) is 0.188. The first-order chi connectivity index (χ1) is 9.74. The Labute approximate surface area is 130 Å². The molecule has 5 heteroatoms. The molecule has 0 heterocycles. The molecule has 2 aromatic carbocycles. The molecule has 4 nitrogen and oxygen atoms in total. The molecule has 0 aromatic heterocycles. The predicted molar refractivity (Wildman–Crippen MR) is 83.6 cm³/mol. The van der Waals surface area contributed by atoms with Crippen molar-refractivity contribution in [3.63, 3.8) is 0 Å². The third-order valence-corrected chi connectivity index (χ3v) is 2.92. The number of hydrogen-bond acceptors (Lipinski definition) is 4. The second-order valence-electron chi connectivity index (χ2n) is 4.29. The largest absolute Gasteiger partial charge is 0.493 e. The van der Waals surface area contributed by atoms with Gasteiger partial charge in [0.05, 0.1) is 13.2 Å². The minimum atomic E-state index is -0.660. The molecule has 2 rings (SSSR count). The van der Waals surface area contributed by atoms with Gasteiger partial charge in [0.25, 0.3) is 0 Å². The molecule has 0 fully saturated rings. The molecule has 0 aliphatic rings. The molecule has 2 N–H and O–H groups in total. The summed E-state index contributed by atoms with van der Waals surface area (Å²) in [4.78, 5) is 0. The van der Waals surface area contributed by atoms with Crippen LogP contribution >= 0.6 is 12.4 Å². The van der Waals surface area contributed by atoms with E-state index >= 15 is 0 Å². The molecule has 21 heavy (non-hydrogen) atoms. The van der Waals surface area contributed by atoms with Crippen LogP contribution in [0.15, 0.2) is 48.5 Å². The summed E-state index contributed by atoms with van der Waals surface area (Å²) in [5, 5.41) is 8.83. The number of hydrogen-bond donors (Lipinski definition) is 1. The quantitative estimate of drug-likeness (QED) is 0.921. The molecule has 110 valence electrons. The van der Waals surface area contributed by atoms with E-state index in [4.69, 9.17) is 20.5 Å². The number of ether oxygens (including phenoxy) is 2. The van der Waals surface area contributed by atoms with E-state index in [-0.39, 0.29) is 12.4 Å². The average Bonchev–Trinajstić information content (AvgIpc) is 2.53. The second-order valence-corrected chi connectivity index (χ2v) is 4.29. The van der Waals surface area contributed by atoms with E-state index in [2.05, 4.69) is 0 Å². The van der Waals surface area contributed by atoms with Gasteiger partial charge in [0.1, 0.15) is 12.6 Å². The van der Waals surface area contributed by atoms with Crippen molar-refractivity contribution in [3.8, 4) is 17.6 Å². The number of rotatable bonds is 5. The summed E-state index contributed by atoms with van der Waals surface area (Å²) in [5.74, 6) is 1.20. The normalized spacial score (nSPS) is 10.9. The summed E-state index contributed by atoms with van der Waals surface area (Å²) in [6, 6.07) is 16.5. The van der Waals surface area contributed by atoms with E-state index in [9.17, 15) is 0 Å². The second kappa shape index (κ2) is 8.15. The molecule has 0 aliphatic carbocycles. The van der Waals surface area contributed by atoms with Crippen molar-refractivity contribution in [2.75, 3.05) is 7.11 Å². The number of halogens is 1. The highest BCUT2D eigenvalue weighted by Crippen LogP contribution is 2.30. The fourth-order valence-corrected chi connectivity index (χ4v) is 1.81. The molecular weight excluding hydrogens is 288 g/mol. The molecule has 0 radical (unpaired) electrons. The number of methoxy groups -OCH3 is 1. The summed E-state index contributed by atoms with van der Waals surface area (Å²) in [5.41, 5.74) is 7.46. The zero-order valence-corrected chi connectivity index (χ0v) is 12.5. The van der Waals surface area contributed by atoms with Crippen LogP contribution in [0, 0.1) is 11.3 Å². The van der Waals surface area contributed by atoms with Gasteiger partial charge in [-0.1, -0.05) is 36.4 Å². The average molecular weight is 305 g/mol. The maximum absolute atomic E-state index is 8.83. The first-order valence-electron chi connectivity index (χ1n) is 6.24. The first kappa shape index (κ1) is 16.8. The molecule has 2 aromatic rings. The minimum absolute atomic E-state index is 0. The van der Waals surface area contributed by atoms with Gasteiger partial charge < -0.3 is 15.2 Å². The highest BCUT2D eigenvalue weighted by atomic mass is 35.5. The number of nitrogens with two attached hydrogens (primary N) is 1. The van der Waals surface area contributed by atoms with Crippen molar-refractivity contribution < 1.29 is 9.47 Å². The molecule has 0 aliphatic heterocycles. The van der Waals surface area contributed by atoms with Crippen LogP contribution in [0.25, 0.3) is 0 Å².